The standard InChI is InChI=1S/C15H8Cl2FN3O2/c16-11-3-9(4-12(17)14(11)22)7-20-21-15(23)10-2-1-8(6-19)5-13(10)18/h1-5,7,22H,(H,21,23)/b20-7-. The first-order valence-electron chi connectivity index (χ1n) is 6.13. The molecule has 0 saturated heterocycles. The number of hydrogen-bond donors (Lipinski definition) is 2. The highest BCUT2D eigenvalue weighted by Gasteiger charge is 2.11. The molecule has 2 aromatic rings. The van der Waals surface area contributed by atoms with Gasteiger partial charge in [0.2, 0.25) is 0 Å². The van der Waals surface area contributed by atoms with Crippen LogP contribution in [0.5, 0.6) is 5.75 Å². The first-order chi connectivity index (χ1) is 10.9. The Morgan fingerprint density at radius 2 is 1.96 bits per heavy atom. The number of hydrazone groups is 1. The number of halogens is 3. The maximum absolute atomic E-state index is 13.7. The number of aromatic hydroxyl groups is 1. The third kappa shape index (κ3) is 3.97. The van der Waals surface area contributed by atoms with E-state index in [1.807, 2.05) is 0 Å². The molecule has 0 spiro atoms. The Morgan fingerprint density at radius 1 is 1.30 bits per heavy atom. The van der Waals surface area contributed by atoms with E-state index in [1.54, 1.807) is 6.07 Å². The SMILES string of the molecule is N#Cc1ccc(C(=O)N/N=C\c2cc(Cl)c(O)c(Cl)c2)c(F)c1. The summed E-state index contributed by atoms with van der Waals surface area (Å²) in [4.78, 5) is 11.8. The van der Waals surface area contributed by atoms with E-state index >= 15 is 0 Å². The molecule has 0 unspecified atom stereocenters. The molecule has 2 N–H and O–H groups in total. The van der Waals surface area contributed by atoms with Crippen molar-refractivity contribution >= 4 is 35.3 Å². The van der Waals surface area contributed by atoms with Crippen LogP contribution in [0.3, 0.4) is 0 Å². The smallest absolute Gasteiger partial charge is 0.274 e. The number of benzene rings is 2. The summed E-state index contributed by atoms with van der Waals surface area (Å²) in [6.45, 7) is 0. The number of nitrogens with one attached hydrogen (secondary N) is 1. The van der Waals surface area contributed by atoms with E-state index in [1.165, 1.54) is 30.5 Å². The van der Waals surface area contributed by atoms with Crippen LogP contribution in [-0.2, 0) is 0 Å². The summed E-state index contributed by atoms with van der Waals surface area (Å²) < 4.78 is 13.7. The van der Waals surface area contributed by atoms with Crippen molar-refractivity contribution < 1.29 is 14.3 Å². The Hall–Kier alpha value is -2.62. The lowest BCUT2D eigenvalue weighted by atomic mass is 10.1. The zero-order valence-corrected chi connectivity index (χ0v) is 12.9. The van der Waals surface area contributed by atoms with E-state index in [0.717, 1.165) is 6.07 Å². The molecule has 0 saturated carbocycles. The molecule has 1 amide bonds. The van der Waals surface area contributed by atoms with Gasteiger partial charge in [-0.25, -0.2) is 9.82 Å². The Morgan fingerprint density at radius 3 is 2.52 bits per heavy atom. The predicted molar refractivity (Wildman–Crippen MR) is 84.3 cm³/mol. The van der Waals surface area contributed by atoms with E-state index in [2.05, 4.69) is 10.5 Å². The van der Waals surface area contributed by atoms with Crippen LogP contribution in [0.1, 0.15) is 21.5 Å². The minimum atomic E-state index is -0.826. The first-order valence-corrected chi connectivity index (χ1v) is 6.89. The normalized spacial score (nSPS) is 10.5. The average molecular weight is 352 g/mol. The van der Waals surface area contributed by atoms with Gasteiger partial charge in [-0.15, -0.1) is 0 Å². The maximum Gasteiger partial charge on any atom is 0.274 e. The molecule has 0 atom stereocenters. The Bertz CT molecular complexity index is 824. The van der Waals surface area contributed by atoms with Gasteiger partial charge in [-0.05, 0) is 35.9 Å². The summed E-state index contributed by atoms with van der Waals surface area (Å²) in [5, 5.41) is 21.8. The van der Waals surface area contributed by atoms with Crippen LogP contribution in [0.4, 0.5) is 4.39 Å². The number of rotatable bonds is 3. The summed E-state index contributed by atoms with van der Waals surface area (Å²) in [5.74, 6) is -1.86. The highest BCUT2D eigenvalue weighted by molar-refractivity contribution is 6.37. The number of nitrogens with zero attached hydrogens (tertiary/aromatic N) is 2. The third-order valence-corrected chi connectivity index (χ3v) is 3.34. The number of carbonyl (C=O) groups is 1. The van der Waals surface area contributed by atoms with Gasteiger partial charge >= 0.3 is 0 Å². The first kappa shape index (κ1) is 16.7. The molecule has 2 rings (SSSR count). The molecule has 0 fully saturated rings. The van der Waals surface area contributed by atoms with E-state index in [-0.39, 0.29) is 26.9 Å². The molecular weight excluding hydrogens is 344 g/mol. The molecule has 23 heavy (non-hydrogen) atoms. The summed E-state index contributed by atoms with van der Waals surface area (Å²) in [7, 11) is 0. The van der Waals surface area contributed by atoms with Crippen molar-refractivity contribution in [2.75, 3.05) is 0 Å². The fourth-order valence-corrected chi connectivity index (χ4v) is 2.16. The van der Waals surface area contributed by atoms with Crippen molar-refractivity contribution in [3.8, 4) is 11.8 Å². The molecule has 0 aliphatic carbocycles. The van der Waals surface area contributed by atoms with Gasteiger partial charge in [-0.1, -0.05) is 23.2 Å². The van der Waals surface area contributed by atoms with Crippen molar-refractivity contribution in [1.82, 2.24) is 5.43 Å². The van der Waals surface area contributed by atoms with Gasteiger partial charge in [0, 0.05) is 0 Å². The van der Waals surface area contributed by atoms with Crippen LogP contribution in [0.2, 0.25) is 10.0 Å². The van der Waals surface area contributed by atoms with Crippen LogP contribution in [0, 0.1) is 17.1 Å². The van der Waals surface area contributed by atoms with Crippen molar-refractivity contribution in [3.63, 3.8) is 0 Å². The highest BCUT2D eigenvalue weighted by Crippen LogP contribution is 2.32. The van der Waals surface area contributed by atoms with Crippen LogP contribution < -0.4 is 5.43 Å². The Labute approximate surface area is 140 Å². The van der Waals surface area contributed by atoms with Crippen molar-refractivity contribution in [2.45, 2.75) is 0 Å². The summed E-state index contributed by atoms with van der Waals surface area (Å²) in [5.41, 5.74) is 2.43. The molecule has 0 heterocycles. The molecule has 0 aliphatic heterocycles. The van der Waals surface area contributed by atoms with E-state index in [4.69, 9.17) is 28.5 Å². The van der Waals surface area contributed by atoms with Crippen molar-refractivity contribution in [3.05, 3.63) is 62.9 Å². The number of nitriles is 1. The fraction of sp³-hybridized carbons (Fsp3) is 0. The fourth-order valence-electron chi connectivity index (χ4n) is 1.65. The number of amides is 1. The second-order valence-corrected chi connectivity index (χ2v) is 5.15. The molecule has 0 bridgehead atoms. The molecule has 5 nitrogen and oxygen atoms in total. The van der Waals surface area contributed by atoms with Crippen molar-refractivity contribution in [2.24, 2.45) is 5.10 Å². The minimum absolute atomic E-state index is 0.0309. The van der Waals surface area contributed by atoms with Crippen molar-refractivity contribution in [1.29, 1.82) is 5.26 Å². The lowest BCUT2D eigenvalue weighted by Gasteiger charge is -2.03. The van der Waals surface area contributed by atoms with Crippen LogP contribution in [0.25, 0.3) is 0 Å². The van der Waals surface area contributed by atoms with Gasteiger partial charge in [-0.2, -0.15) is 10.4 Å². The molecule has 0 radical (unpaired) electrons. The molecule has 0 aromatic heterocycles. The lowest BCUT2D eigenvalue weighted by molar-refractivity contribution is 0.0951. The van der Waals surface area contributed by atoms with E-state index in [9.17, 15) is 14.3 Å². The molecule has 116 valence electrons. The molecule has 2 aromatic carbocycles. The number of phenols is 1. The van der Waals surface area contributed by atoms with Crippen LogP contribution in [0.15, 0.2) is 35.4 Å². The average Bonchev–Trinajstić information content (AvgIpc) is 2.52. The van der Waals surface area contributed by atoms with Gasteiger partial charge in [-0.3, -0.25) is 4.79 Å². The quantitative estimate of drug-likeness (QED) is 0.655. The van der Waals surface area contributed by atoms with Gasteiger partial charge in [0.15, 0.2) is 5.75 Å². The zero-order chi connectivity index (χ0) is 17.0. The number of carbonyl (C=O) groups excluding carboxylic acids is 1. The highest BCUT2D eigenvalue weighted by atomic mass is 35.5. The molecule has 0 aliphatic rings. The van der Waals surface area contributed by atoms with Gasteiger partial charge in [0.1, 0.15) is 5.82 Å². The third-order valence-electron chi connectivity index (χ3n) is 2.76. The van der Waals surface area contributed by atoms with Crippen LogP contribution in [-0.4, -0.2) is 17.2 Å². The van der Waals surface area contributed by atoms with Crippen LogP contribution >= 0.6 is 23.2 Å². The Kier molecular flexibility index (Phi) is 5.16. The second kappa shape index (κ2) is 7.09. The van der Waals surface area contributed by atoms with Gasteiger partial charge in [0.05, 0.1) is 33.5 Å². The van der Waals surface area contributed by atoms with Gasteiger partial charge < -0.3 is 5.11 Å². The number of hydrogen-bond acceptors (Lipinski definition) is 4. The topological polar surface area (TPSA) is 85.5 Å². The molecular formula is C15H8Cl2FN3O2. The maximum atomic E-state index is 13.7. The molecule has 8 heteroatoms. The second-order valence-electron chi connectivity index (χ2n) is 4.34. The zero-order valence-electron chi connectivity index (χ0n) is 11.3. The summed E-state index contributed by atoms with van der Waals surface area (Å²) in [6, 6.07) is 8.01. The summed E-state index contributed by atoms with van der Waals surface area (Å²) in [6.07, 6.45) is 1.23. The van der Waals surface area contributed by atoms with E-state index in [0.29, 0.717) is 5.56 Å². The minimum Gasteiger partial charge on any atom is -0.505 e. The van der Waals surface area contributed by atoms with Gasteiger partial charge in [0.25, 0.3) is 5.91 Å². The summed E-state index contributed by atoms with van der Waals surface area (Å²) >= 11 is 11.5. The Balaban J connectivity index is 2.12. The monoisotopic (exact) mass is 351 g/mol. The largest absolute Gasteiger partial charge is 0.505 e. The van der Waals surface area contributed by atoms with E-state index < -0.39 is 11.7 Å². The number of phenolic OH excluding ortho intramolecular Hbond substituents is 1. The lowest BCUT2D eigenvalue weighted by Crippen LogP contribution is -2.19. The predicted octanol–water partition coefficient (Wildman–Crippen LogP) is 3.47.